The monoisotopic (exact) mass is 353 g/mol. The Balaban J connectivity index is 1.49. The van der Waals surface area contributed by atoms with Gasteiger partial charge in [-0.15, -0.1) is 0 Å². The van der Waals surface area contributed by atoms with Crippen LogP contribution in [0.1, 0.15) is 46.6 Å². The van der Waals surface area contributed by atoms with Gasteiger partial charge in [-0.2, -0.15) is 0 Å². The van der Waals surface area contributed by atoms with Crippen LogP contribution >= 0.6 is 0 Å². The predicted octanol–water partition coefficient (Wildman–Crippen LogP) is 3.01. The first-order valence-corrected chi connectivity index (χ1v) is 9.58. The van der Waals surface area contributed by atoms with Crippen molar-refractivity contribution in [1.29, 1.82) is 0 Å². The molecule has 26 heavy (non-hydrogen) atoms. The molecule has 0 bridgehead atoms. The minimum Gasteiger partial charge on any atom is -0.496 e. The van der Waals surface area contributed by atoms with Crippen LogP contribution in [0, 0.1) is 5.92 Å². The van der Waals surface area contributed by atoms with Crippen LogP contribution in [0.5, 0.6) is 5.75 Å². The van der Waals surface area contributed by atoms with Crippen LogP contribution in [0.25, 0.3) is 0 Å². The molecule has 1 aromatic carbocycles. The quantitative estimate of drug-likeness (QED) is 0.775. The maximum absolute atomic E-state index is 12.8. The zero-order chi connectivity index (χ0) is 18.1. The molecule has 2 aromatic rings. The highest BCUT2D eigenvalue weighted by atomic mass is 16.5. The van der Waals surface area contributed by atoms with E-state index < -0.39 is 0 Å². The second-order valence-electron chi connectivity index (χ2n) is 7.59. The molecular formula is C21H27N3O2. The molecule has 1 fully saturated rings. The highest BCUT2D eigenvalue weighted by Gasteiger charge is 2.29. The van der Waals surface area contributed by atoms with Crippen LogP contribution in [-0.4, -0.2) is 40.4 Å². The molecule has 0 radical (unpaired) electrons. The smallest absolute Gasteiger partial charge is 0.202 e. The summed E-state index contributed by atoms with van der Waals surface area (Å²) in [5.74, 6) is 1.77. The molecule has 1 atom stereocenters. The molecule has 138 valence electrons. The highest BCUT2D eigenvalue weighted by molar-refractivity contribution is 5.94. The SMILES string of the molecule is COc1cc2c(cc1CN1CCC[C@@H](C(=O)c3nccn3C)C1)CCC2. The van der Waals surface area contributed by atoms with Gasteiger partial charge in [0.05, 0.1) is 7.11 Å². The summed E-state index contributed by atoms with van der Waals surface area (Å²) in [5, 5.41) is 0. The number of nitrogens with zero attached hydrogens (tertiary/aromatic N) is 3. The van der Waals surface area contributed by atoms with Crippen LogP contribution in [0.2, 0.25) is 0 Å². The Labute approximate surface area is 155 Å². The van der Waals surface area contributed by atoms with Gasteiger partial charge < -0.3 is 9.30 Å². The number of fused-ring (bicyclic) bond motifs is 1. The molecule has 1 aromatic heterocycles. The van der Waals surface area contributed by atoms with Crippen LogP contribution < -0.4 is 4.74 Å². The van der Waals surface area contributed by atoms with Gasteiger partial charge in [0.25, 0.3) is 0 Å². The molecular weight excluding hydrogens is 326 g/mol. The third-order valence-corrected chi connectivity index (χ3v) is 5.81. The Morgan fingerprint density at radius 3 is 2.81 bits per heavy atom. The van der Waals surface area contributed by atoms with Crippen molar-refractivity contribution in [2.75, 3.05) is 20.2 Å². The van der Waals surface area contributed by atoms with Crippen molar-refractivity contribution in [2.45, 2.75) is 38.6 Å². The standard InChI is InChI=1S/C21H27N3O2/c1-23-10-8-22-21(23)20(25)17-7-4-9-24(13-17)14-18-11-15-5-3-6-16(15)12-19(18)26-2/h8,10-12,17H,3-7,9,13-14H2,1-2H3/t17-/m1/s1. The van der Waals surface area contributed by atoms with E-state index in [0.29, 0.717) is 5.82 Å². The van der Waals surface area contributed by atoms with Gasteiger partial charge in [-0.25, -0.2) is 4.98 Å². The fourth-order valence-corrected chi connectivity index (χ4v) is 4.41. The second-order valence-corrected chi connectivity index (χ2v) is 7.59. The number of imidazole rings is 1. The number of aromatic nitrogens is 2. The summed E-state index contributed by atoms with van der Waals surface area (Å²) < 4.78 is 7.48. The summed E-state index contributed by atoms with van der Waals surface area (Å²) in [4.78, 5) is 19.5. The first-order valence-electron chi connectivity index (χ1n) is 9.58. The summed E-state index contributed by atoms with van der Waals surface area (Å²) in [5.41, 5.74) is 4.16. The number of hydrogen-bond donors (Lipinski definition) is 0. The van der Waals surface area contributed by atoms with Crippen LogP contribution in [-0.2, 0) is 26.4 Å². The molecule has 1 aliphatic carbocycles. The van der Waals surface area contributed by atoms with Crippen LogP contribution in [0.3, 0.4) is 0 Å². The number of methoxy groups -OCH3 is 1. The lowest BCUT2D eigenvalue weighted by Crippen LogP contribution is -2.39. The second kappa shape index (κ2) is 7.23. The number of ketones is 1. The Hall–Kier alpha value is -2.14. The summed E-state index contributed by atoms with van der Waals surface area (Å²) in [7, 11) is 3.64. The zero-order valence-electron chi connectivity index (χ0n) is 15.7. The van der Waals surface area contributed by atoms with E-state index >= 15 is 0 Å². The summed E-state index contributed by atoms with van der Waals surface area (Å²) in [6.07, 6.45) is 9.11. The van der Waals surface area contributed by atoms with E-state index in [1.807, 2.05) is 17.8 Å². The lowest BCUT2D eigenvalue weighted by atomic mass is 9.92. The van der Waals surface area contributed by atoms with E-state index in [1.54, 1.807) is 13.3 Å². The van der Waals surface area contributed by atoms with Crippen molar-refractivity contribution in [3.63, 3.8) is 0 Å². The van der Waals surface area contributed by atoms with Crippen LogP contribution in [0.15, 0.2) is 24.5 Å². The van der Waals surface area contributed by atoms with Gasteiger partial charge in [0.1, 0.15) is 5.75 Å². The molecule has 0 amide bonds. The molecule has 5 nitrogen and oxygen atoms in total. The first-order chi connectivity index (χ1) is 12.7. The Morgan fingerprint density at radius 1 is 1.27 bits per heavy atom. The van der Waals surface area contributed by atoms with E-state index in [2.05, 4.69) is 22.0 Å². The lowest BCUT2D eigenvalue weighted by Gasteiger charge is -2.32. The fourth-order valence-electron chi connectivity index (χ4n) is 4.41. The number of likely N-dealkylation sites (tertiary alicyclic amines) is 1. The number of carbonyl (C=O) groups is 1. The van der Waals surface area contributed by atoms with Gasteiger partial charge in [0.2, 0.25) is 5.78 Å². The third kappa shape index (κ3) is 3.28. The number of hydrogen-bond acceptors (Lipinski definition) is 4. The molecule has 2 heterocycles. The number of aryl methyl sites for hydroxylation is 3. The van der Waals surface area contributed by atoms with Gasteiger partial charge in [-0.05, 0) is 55.8 Å². The van der Waals surface area contributed by atoms with Crippen molar-refractivity contribution in [2.24, 2.45) is 13.0 Å². The highest BCUT2D eigenvalue weighted by Crippen LogP contribution is 2.31. The average Bonchev–Trinajstić information content (AvgIpc) is 3.28. The fraction of sp³-hybridized carbons (Fsp3) is 0.524. The molecule has 0 unspecified atom stereocenters. The van der Waals surface area contributed by atoms with Gasteiger partial charge in [0.15, 0.2) is 5.82 Å². The average molecular weight is 353 g/mol. The van der Waals surface area contributed by atoms with Crippen LogP contribution in [0.4, 0.5) is 0 Å². The molecule has 0 spiro atoms. The first kappa shape index (κ1) is 17.3. The van der Waals surface area contributed by atoms with Crippen molar-refractivity contribution in [1.82, 2.24) is 14.5 Å². The zero-order valence-corrected chi connectivity index (χ0v) is 15.7. The summed E-state index contributed by atoms with van der Waals surface area (Å²) in [6, 6.07) is 4.55. The number of rotatable bonds is 5. The summed E-state index contributed by atoms with van der Waals surface area (Å²) in [6.45, 7) is 2.68. The van der Waals surface area contributed by atoms with Crippen molar-refractivity contribution in [3.8, 4) is 5.75 Å². The van der Waals surface area contributed by atoms with Gasteiger partial charge in [0, 0.05) is 44.0 Å². The minimum absolute atomic E-state index is 0.0327. The van der Waals surface area contributed by atoms with Gasteiger partial charge in [-0.3, -0.25) is 9.69 Å². The largest absolute Gasteiger partial charge is 0.496 e. The van der Waals surface area contributed by atoms with Gasteiger partial charge >= 0.3 is 0 Å². The molecule has 2 aliphatic rings. The molecule has 0 N–H and O–H groups in total. The van der Waals surface area contributed by atoms with Crippen molar-refractivity contribution >= 4 is 5.78 Å². The normalized spacial score (nSPS) is 20.2. The summed E-state index contributed by atoms with van der Waals surface area (Å²) >= 11 is 0. The number of piperidine rings is 1. The maximum atomic E-state index is 12.8. The molecule has 1 aliphatic heterocycles. The molecule has 1 saturated heterocycles. The topological polar surface area (TPSA) is 47.4 Å². The Morgan fingerprint density at radius 2 is 2.08 bits per heavy atom. The van der Waals surface area contributed by atoms with E-state index in [9.17, 15) is 4.79 Å². The number of carbonyl (C=O) groups excluding carboxylic acids is 1. The molecule has 4 rings (SSSR count). The maximum Gasteiger partial charge on any atom is 0.202 e. The lowest BCUT2D eigenvalue weighted by molar-refractivity contribution is 0.0797. The Bertz CT molecular complexity index is 812. The Kier molecular flexibility index (Phi) is 4.81. The van der Waals surface area contributed by atoms with E-state index in [-0.39, 0.29) is 11.7 Å². The van der Waals surface area contributed by atoms with E-state index in [4.69, 9.17) is 4.74 Å². The molecule has 0 saturated carbocycles. The van der Waals surface area contributed by atoms with E-state index in [1.165, 1.54) is 29.5 Å². The van der Waals surface area contributed by atoms with Crippen molar-refractivity contribution in [3.05, 3.63) is 47.0 Å². The predicted molar refractivity (Wildman–Crippen MR) is 101 cm³/mol. The van der Waals surface area contributed by atoms with Gasteiger partial charge in [-0.1, -0.05) is 6.07 Å². The number of benzene rings is 1. The van der Waals surface area contributed by atoms with Crippen molar-refractivity contribution < 1.29 is 9.53 Å². The minimum atomic E-state index is 0.0327. The number of ether oxygens (including phenoxy) is 1. The van der Waals surface area contributed by atoms with E-state index in [0.717, 1.165) is 44.6 Å². The molecule has 5 heteroatoms. The number of Topliss-reactive ketones (excluding diaryl/α,β-unsaturated/α-hetero) is 1. The third-order valence-electron chi connectivity index (χ3n) is 5.81.